The Morgan fingerprint density at radius 1 is 1.19 bits per heavy atom. The van der Waals surface area contributed by atoms with Crippen LogP contribution in [0, 0.1) is 17.0 Å². The zero-order valence-corrected chi connectivity index (χ0v) is 16.0. The van der Waals surface area contributed by atoms with Gasteiger partial charge in [-0.15, -0.1) is 0 Å². The lowest BCUT2D eigenvalue weighted by Gasteiger charge is -2.33. The van der Waals surface area contributed by atoms with Crippen LogP contribution >= 0.6 is 11.6 Å². The van der Waals surface area contributed by atoms with Gasteiger partial charge < -0.3 is 15.1 Å². The summed E-state index contributed by atoms with van der Waals surface area (Å²) in [5.41, 5.74) is 2.15. The number of carbonyl (C=O) groups is 1. The van der Waals surface area contributed by atoms with Gasteiger partial charge in [-0.1, -0.05) is 29.8 Å². The fourth-order valence-electron chi connectivity index (χ4n) is 3.11. The highest BCUT2D eigenvalue weighted by Gasteiger charge is 2.25. The van der Waals surface area contributed by atoms with E-state index >= 15 is 0 Å². The second-order valence-corrected chi connectivity index (χ2v) is 7.04. The second-order valence-electron chi connectivity index (χ2n) is 6.64. The molecule has 7 nitrogen and oxygen atoms in total. The summed E-state index contributed by atoms with van der Waals surface area (Å²) >= 11 is 6.23. The molecule has 3 rings (SSSR count). The van der Waals surface area contributed by atoms with Gasteiger partial charge in [0.2, 0.25) is 0 Å². The van der Waals surface area contributed by atoms with E-state index in [0.29, 0.717) is 30.0 Å². The number of piperazine rings is 1. The number of benzene rings is 2. The van der Waals surface area contributed by atoms with Crippen molar-refractivity contribution in [3.05, 3.63) is 62.7 Å². The lowest BCUT2D eigenvalue weighted by molar-refractivity contribution is -0.384. The predicted octanol–water partition coefficient (Wildman–Crippen LogP) is 3.56. The van der Waals surface area contributed by atoms with Gasteiger partial charge in [0.05, 0.1) is 15.6 Å². The van der Waals surface area contributed by atoms with Gasteiger partial charge >= 0.3 is 0 Å². The fraction of sp³-hybridized carbons (Fsp3) is 0.316. The predicted molar refractivity (Wildman–Crippen MR) is 107 cm³/mol. The van der Waals surface area contributed by atoms with Gasteiger partial charge in [0.25, 0.3) is 11.6 Å². The third kappa shape index (κ3) is 4.20. The first-order valence-corrected chi connectivity index (χ1v) is 9.03. The lowest BCUT2D eigenvalue weighted by Crippen LogP contribution is -2.44. The van der Waals surface area contributed by atoms with Crippen LogP contribution in [0.2, 0.25) is 5.02 Å². The minimum absolute atomic E-state index is 0.0570. The van der Waals surface area contributed by atoms with Crippen LogP contribution in [0.4, 0.5) is 17.1 Å². The number of halogens is 1. The van der Waals surface area contributed by atoms with Gasteiger partial charge in [-0.2, -0.15) is 0 Å². The maximum Gasteiger partial charge on any atom is 0.294 e. The quantitative estimate of drug-likeness (QED) is 0.640. The third-order valence-electron chi connectivity index (χ3n) is 4.74. The molecule has 1 amide bonds. The molecule has 0 radical (unpaired) electrons. The normalized spacial score (nSPS) is 14.9. The molecule has 2 aromatic carbocycles. The highest BCUT2D eigenvalue weighted by atomic mass is 35.5. The molecule has 0 spiro atoms. The van der Waals surface area contributed by atoms with Crippen LogP contribution in [0.3, 0.4) is 0 Å². The molecular formula is C19H21ClN4O3. The molecule has 0 aromatic heterocycles. The summed E-state index contributed by atoms with van der Waals surface area (Å²) in [7, 11) is 2.02. The van der Waals surface area contributed by atoms with Gasteiger partial charge in [-0.05, 0) is 31.7 Å². The van der Waals surface area contributed by atoms with Crippen LogP contribution in [0.15, 0.2) is 36.4 Å². The number of rotatable bonds is 4. The number of hydrogen-bond acceptors (Lipinski definition) is 5. The first-order valence-electron chi connectivity index (χ1n) is 8.65. The Kier molecular flexibility index (Phi) is 5.62. The molecule has 1 N–H and O–H groups in total. The van der Waals surface area contributed by atoms with E-state index in [1.807, 2.05) is 31.0 Å². The summed E-state index contributed by atoms with van der Waals surface area (Å²) in [6.45, 7) is 4.81. The molecular weight excluding hydrogens is 368 g/mol. The zero-order valence-electron chi connectivity index (χ0n) is 15.2. The molecule has 0 unspecified atom stereocenters. The molecule has 1 heterocycles. The number of carbonyl (C=O) groups excluding carboxylic acids is 1. The van der Waals surface area contributed by atoms with E-state index in [9.17, 15) is 14.9 Å². The first kappa shape index (κ1) is 19.1. The SMILES string of the molecule is Cc1ccccc1C(=O)Nc1cc(N2CCN(C)CC2)c([N+](=O)[O-])cc1Cl. The summed E-state index contributed by atoms with van der Waals surface area (Å²) in [4.78, 5) is 27.8. The van der Waals surface area contributed by atoms with Gasteiger partial charge in [0, 0.05) is 37.8 Å². The minimum Gasteiger partial charge on any atom is -0.363 e. The monoisotopic (exact) mass is 388 g/mol. The Labute approximate surface area is 162 Å². The van der Waals surface area contributed by atoms with Crippen LogP contribution in [-0.4, -0.2) is 49.0 Å². The topological polar surface area (TPSA) is 78.7 Å². The molecule has 1 aliphatic rings. The number of nitro benzene ring substituents is 1. The van der Waals surface area contributed by atoms with Crippen LogP contribution in [0.25, 0.3) is 0 Å². The van der Waals surface area contributed by atoms with E-state index in [-0.39, 0.29) is 16.6 Å². The number of nitrogens with one attached hydrogen (secondary N) is 1. The summed E-state index contributed by atoms with van der Waals surface area (Å²) in [6.07, 6.45) is 0. The second kappa shape index (κ2) is 7.94. The maximum atomic E-state index is 12.6. The van der Waals surface area contributed by atoms with Crippen molar-refractivity contribution in [1.82, 2.24) is 4.90 Å². The number of aryl methyl sites for hydroxylation is 1. The number of hydrogen-bond donors (Lipinski definition) is 1. The van der Waals surface area contributed by atoms with E-state index in [2.05, 4.69) is 10.2 Å². The van der Waals surface area contributed by atoms with Crippen LogP contribution in [0.5, 0.6) is 0 Å². The summed E-state index contributed by atoms with van der Waals surface area (Å²) in [6, 6.07) is 10.1. The molecule has 0 atom stereocenters. The number of amides is 1. The lowest BCUT2D eigenvalue weighted by atomic mass is 10.1. The Hall–Kier alpha value is -2.64. The van der Waals surface area contributed by atoms with Crippen LogP contribution in [-0.2, 0) is 0 Å². The standard InChI is InChI=1S/C19H21ClN4O3/c1-13-5-3-4-6-14(13)19(25)21-16-12-17(18(24(26)27)11-15(16)20)23-9-7-22(2)8-10-23/h3-6,11-12H,7-10H2,1-2H3,(H,21,25). The molecule has 8 heteroatoms. The van der Waals surface area contributed by atoms with Crippen molar-refractivity contribution < 1.29 is 9.72 Å². The maximum absolute atomic E-state index is 12.6. The smallest absolute Gasteiger partial charge is 0.294 e. The van der Waals surface area contributed by atoms with E-state index in [4.69, 9.17) is 11.6 Å². The number of nitro groups is 1. The largest absolute Gasteiger partial charge is 0.363 e. The molecule has 0 bridgehead atoms. The summed E-state index contributed by atoms with van der Waals surface area (Å²) < 4.78 is 0. The van der Waals surface area contributed by atoms with Crippen LogP contribution in [0.1, 0.15) is 15.9 Å². The molecule has 1 saturated heterocycles. The van der Waals surface area contributed by atoms with Crippen LogP contribution < -0.4 is 10.2 Å². The summed E-state index contributed by atoms with van der Waals surface area (Å²) in [5, 5.41) is 14.4. The van der Waals surface area contributed by atoms with Crippen molar-refractivity contribution in [1.29, 1.82) is 0 Å². The van der Waals surface area contributed by atoms with Crippen molar-refractivity contribution in [2.75, 3.05) is 43.4 Å². The molecule has 1 fully saturated rings. The summed E-state index contributed by atoms with van der Waals surface area (Å²) in [5.74, 6) is -0.298. The van der Waals surface area contributed by atoms with Gasteiger partial charge in [-0.25, -0.2) is 0 Å². The highest BCUT2D eigenvalue weighted by molar-refractivity contribution is 6.34. The van der Waals surface area contributed by atoms with Gasteiger partial charge in [0.1, 0.15) is 5.69 Å². The Bertz CT molecular complexity index is 879. The fourth-order valence-corrected chi connectivity index (χ4v) is 3.32. The molecule has 1 aliphatic heterocycles. The zero-order chi connectivity index (χ0) is 19.6. The first-order chi connectivity index (χ1) is 12.9. The van der Waals surface area contributed by atoms with Crippen molar-refractivity contribution in [3.8, 4) is 0 Å². The Morgan fingerprint density at radius 3 is 2.48 bits per heavy atom. The number of nitrogens with zero attached hydrogens (tertiary/aromatic N) is 3. The molecule has 142 valence electrons. The molecule has 0 aliphatic carbocycles. The van der Waals surface area contributed by atoms with E-state index in [0.717, 1.165) is 18.7 Å². The molecule has 2 aromatic rings. The Balaban J connectivity index is 1.94. The van der Waals surface area contributed by atoms with Crippen molar-refractivity contribution in [2.45, 2.75) is 6.92 Å². The van der Waals surface area contributed by atoms with Crippen molar-refractivity contribution >= 4 is 34.6 Å². The number of anilines is 2. The third-order valence-corrected chi connectivity index (χ3v) is 5.06. The van der Waals surface area contributed by atoms with Crippen molar-refractivity contribution in [3.63, 3.8) is 0 Å². The van der Waals surface area contributed by atoms with E-state index < -0.39 is 4.92 Å². The van der Waals surface area contributed by atoms with Gasteiger partial charge in [0.15, 0.2) is 0 Å². The van der Waals surface area contributed by atoms with E-state index in [1.54, 1.807) is 18.2 Å². The highest BCUT2D eigenvalue weighted by Crippen LogP contribution is 2.37. The average Bonchev–Trinajstić information content (AvgIpc) is 2.64. The molecule has 0 saturated carbocycles. The number of likely N-dealkylation sites (N-methyl/N-ethyl adjacent to an activating group) is 1. The Morgan fingerprint density at radius 2 is 1.85 bits per heavy atom. The van der Waals surface area contributed by atoms with Crippen molar-refractivity contribution in [2.24, 2.45) is 0 Å². The molecule has 27 heavy (non-hydrogen) atoms. The van der Waals surface area contributed by atoms with E-state index in [1.165, 1.54) is 6.07 Å². The minimum atomic E-state index is -0.438. The average molecular weight is 389 g/mol. The van der Waals surface area contributed by atoms with Gasteiger partial charge in [-0.3, -0.25) is 14.9 Å².